The van der Waals surface area contributed by atoms with Crippen molar-refractivity contribution in [2.75, 3.05) is 4.90 Å². The fourth-order valence-electron chi connectivity index (χ4n) is 7.62. The fraction of sp³-hybridized carbons (Fsp3) is 0. The largest absolute Gasteiger partial charge is 0.455 e. The molecule has 10 aromatic rings. The van der Waals surface area contributed by atoms with E-state index >= 15 is 0 Å². The van der Waals surface area contributed by atoms with Crippen molar-refractivity contribution in [1.29, 1.82) is 0 Å². The van der Waals surface area contributed by atoms with E-state index in [1.165, 1.54) is 43.4 Å². The van der Waals surface area contributed by atoms with Crippen molar-refractivity contribution in [1.82, 2.24) is 0 Å². The molecule has 1 heterocycles. The van der Waals surface area contributed by atoms with Crippen molar-refractivity contribution < 1.29 is 4.42 Å². The first kappa shape index (κ1) is 26.8. The van der Waals surface area contributed by atoms with E-state index in [1.54, 1.807) is 0 Å². The average Bonchev–Trinajstić information content (AvgIpc) is 3.55. The van der Waals surface area contributed by atoms with Gasteiger partial charge in [-0.2, -0.15) is 0 Å². The summed E-state index contributed by atoms with van der Waals surface area (Å²) in [7, 11) is 0. The van der Waals surface area contributed by atoms with Crippen LogP contribution < -0.4 is 4.90 Å². The molecule has 9 aromatic carbocycles. The minimum atomic E-state index is 0.908. The van der Waals surface area contributed by atoms with Crippen molar-refractivity contribution >= 4 is 82.1 Å². The van der Waals surface area contributed by atoms with Gasteiger partial charge in [0.2, 0.25) is 0 Å². The first-order valence-electron chi connectivity index (χ1n) is 16.4. The monoisotopic (exact) mass is 611 g/mol. The van der Waals surface area contributed by atoms with Gasteiger partial charge < -0.3 is 9.32 Å². The van der Waals surface area contributed by atoms with E-state index < -0.39 is 0 Å². The van der Waals surface area contributed by atoms with Gasteiger partial charge in [0.15, 0.2) is 0 Å². The molecule has 0 aliphatic heterocycles. The van der Waals surface area contributed by atoms with Crippen molar-refractivity contribution in [3.63, 3.8) is 0 Å². The van der Waals surface area contributed by atoms with E-state index in [4.69, 9.17) is 4.42 Å². The predicted octanol–water partition coefficient (Wildman–Crippen LogP) is 13.3. The second kappa shape index (κ2) is 10.6. The molecule has 0 fully saturated rings. The van der Waals surface area contributed by atoms with Crippen molar-refractivity contribution in [2.24, 2.45) is 0 Å². The highest BCUT2D eigenvalue weighted by Gasteiger charge is 2.21. The summed E-state index contributed by atoms with van der Waals surface area (Å²) < 4.78 is 6.52. The molecule has 0 saturated carbocycles. The molecule has 0 aliphatic rings. The molecule has 10 rings (SSSR count). The van der Waals surface area contributed by atoms with Crippen LogP contribution in [0.15, 0.2) is 180 Å². The van der Waals surface area contributed by atoms with Crippen molar-refractivity contribution in [2.45, 2.75) is 0 Å². The zero-order valence-corrected chi connectivity index (χ0v) is 26.1. The summed E-state index contributed by atoms with van der Waals surface area (Å²) in [5.41, 5.74) is 7.49. The molecule has 1 aromatic heterocycles. The van der Waals surface area contributed by atoms with E-state index in [9.17, 15) is 0 Å². The molecule has 0 N–H and O–H groups in total. The lowest BCUT2D eigenvalue weighted by molar-refractivity contribution is 0.672. The van der Waals surface area contributed by atoms with Gasteiger partial charge in [-0.1, -0.05) is 140 Å². The van der Waals surface area contributed by atoms with Gasteiger partial charge in [-0.05, 0) is 74.3 Å². The number of fused-ring (bicyclic) bond motifs is 10. The van der Waals surface area contributed by atoms with E-state index in [1.807, 2.05) is 6.07 Å². The SMILES string of the molecule is c1ccc(-c2ccccc2N(c2ccc3c(ccc4ccc5ccccc5c43)c2)c2cccc3c2ccc2c4ccccc4oc32)cc1. The summed E-state index contributed by atoms with van der Waals surface area (Å²) in [5, 5.41) is 12.1. The topological polar surface area (TPSA) is 16.4 Å². The van der Waals surface area contributed by atoms with Crippen LogP contribution in [0.2, 0.25) is 0 Å². The van der Waals surface area contributed by atoms with Gasteiger partial charge in [-0.15, -0.1) is 0 Å². The van der Waals surface area contributed by atoms with E-state index in [0.717, 1.165) is 49.8 Å². The lowest BCUT2D eigenvalue weighted by Crippen LogP contribution is -2.11. The molecular weight excluding hydrogens is 583 g/mol. The molecule has 0 saturated heterocycles. The van der Waals surface area contributed by atoms with Gasteiger partial charge >= 0.3 is 0 Å². The molecule has 0 atom stereocenters. The number of rotatable bonds is 4. The second-order valence-electron chi connectivity index (χ2n) is 12.5. The summed E-state index contributed by atoms with van der Waals surface area (Å²) in [5.74, 6) is 0. The smallest absolute Gasteiger partial charge is 0.143 e. The fourth-order valence-corrected chi connectivity index (χ4v) is 7.62. The maximum Gasteiger partial charge on any atom is 0.143 e. The quantitative estimate of drug-likeness (QED) is 0.184. The van der Waals surface area contributed by atoms with Crippen LogP contribution in [0.1, 0.15) is 0 Å². The molecule has 0 amide bonds. The maximum absolute atomic E-state index is 6.52. The zero-order chi connectivity index (χ0) is 31.6. The first-order chi connectivity index (χ1) is 23.8. The Morgan fingerprint density at radius 2 is 1.00 bits per heavy atom. The predicted molar refractivity (Wildman–Crippen MR) is 204 cm³/mol. The summed E-state index contributed by atoms with van der Waals surface area (Å²) >= 11 is 0. The standard InChI is InChI=1S/C46H29NO/c1-2-11-30(12-3-1)35-14-6-8-18-42(35)47(43-19-10-17-40-38(43)27-28-41-39-16-7-9-20-44(39)48-46(40)41)34-25-26-37-33(29-34)24-23-32-22-21-31-13-4-5-15-36(31)45(32)37/h1-29H. The summed E-state index contributed by atoms with van der Waals surface area (Å²) in [6.45, 7) is 0. The Kier molecular flexibility index (Phi) is 5.91. The Morgan fingerprint density at radius 1 is 0.375 bits per heavy atom. The van der Waals surface area contributed by atoms with Crippen LogP contribution in [0.5, 0.6) is 0 Å². The average molecular weight is 612 g/mol. The van der Waals surface area contributed by atoms with Crippen molar-refractivity contribution in [3.05, 3.63) is 176 Å². The molecule has 0 spiro atoms. The third-order valence-electron chi connectivity index (χ3n) is 9.82. The Bertz CT molecular complexity index is 2850. The zero-order valence-electron chi connectivity index (χ0n) is 26.1. The molecular formula is C46H29NO. The minimum Gasteiger partial charge on any atom is -0.455 e. The van der Waals surface area contributed by atoms with Crippen LogP contribution in [0.25, 0.3) is 76.2 Å². The highest BCUT2D eigenvalue weighted by Crippen LogP contribution is 2.46. The Balaban J connectivity index is 1.27. The highest BCUT2D eigenvalue weighted by atomic mass is 16.3. The van der Waals surface area contributed by atoms with Crippen LogP contribution in [-0.4, -0.2) is 0 Å². The van der Waals surface area contributed by atoms with Crippen LogP contribution in [-0.2, 0) is 0 Å². The number of benzene rings is 9. The van der Waals surface area contributed by atoms with Gasteiger partial charge in [0, 0.05) is 32.8 Å². The molecule has 2 heteroatoms. The summed E-state index contributed by atoms with van der Waals surface area (Å²) in [6.07, 6.45) is 0. The number of hydrogen-bond donors (Lipinski definition) is 0. The molecule has 0 bridgehead atoms. The Morgan fingerprint density at radius 3 is 1.92 bits per heavy atom. The van der Waals surface area contributed by atoms with Crippen LogP contribution in [0, 0.1) is 0 Å². The van der Waals surface area contributed by atoms with Crippen LogP contribution in [0.4, 0.5) is 17.1 Å². The Hall–Kier alpha value is -6.38. The molecule has 0 aliphatic carbocycles. The number of hydrogen-bond acceptors (Lipinski definition) is 2. The van der Waals surface area contributed by atoms with Gasteiger partial charge in [0.1, 0.15) is 11.2 Å². The van der Waals surface area contributed by atoms with E-state index in [0.29, 0.717) is 0 Å². The summed E-state index contributed by atoms with van der Waals surface area (Å²) in [6, 6.07) is 63.3. The molecule has 2 nitrogen and oxygen atoms in total. The normalized spacial score (nSPS) is 11.8. The maximum atomic E-state index is 6.52. The van der Waals surface area contributed by atoms with Crippen LogP contribution in [0.3, 0.4) is 0 Å². The lowest BCUT2D eigenvalue weighted by atomic mass is 9.95. The molecule has 224 valence electrons. The number of anilines is 3. The van der Waals surface area contributed by atoms with Gasteiger partial charge in [-0.3, -0.25) is 0 Å². The number of furan rings is 1. The minimum absolute atomic E-state index is 0.908. The van der Waals surface area contributed by atoms with Crippen molar-refractivity contribution in [3.8, 4) is 11.1 Å². The van der Waals surface area contributed by atoms with Gasteiger partial charge in [0.05, 0.1) is 11.4 Å². The number of para-hydroxylation sites is 2. The molecule has 0 unspecified atom stereocenters. The van der Waals surface area contributed by atoms with Crippen LogP contribution >= 0.6 is 0 Å². The third-order valence-corrected chi connectivity index (χ3v) is 9.82. The Labute approximate surface area is 277 Å². The van der Waals surface area contributed by atoms with E-state index in [-0.39, 0.29) is 0 Å². The lowest BCUT2D eigenvalue weighted by Gasteiger charge is -2.29. The summed E-state index contributed by atoms with van der Waals surface area (Å²) in [4.78, 5) is 2.42. The second-order valence-corrected chi connectivity index (χ2v) is 12.5. The van der Waals surface area contributed by atoms with E-state index in [2.05, 4.69) is 175 Å². The molecule has 0 radical (unpaired) electrons. The first-order valence-corrected chi connectivity index (χ1v) is 16.4. The number of nitrogens with zero attached hydrogens (tertiary/aromatic N) is 1. The highest BCUT2D eigenvalue weighted by molar-refractivity contribution is 6.21. The molecule has 48 heavy (non-hydrogen) atoms. The third kappa shape index (κ3) is 4.06. The van der Waals surface area contributed by atoms with Gasteiger partial charge in [-0.25, -0.2) is 0 Å². The van der Waals surface area contributed by atoms with Gasteiger partial charge in [0.25, 0.3) is 0 Å².